The van der Waals surface area contributed by atoms with Crippen LogP contribution in [0.1, 0.15) is 18.1 Å². The van der Waals surface area contributed by atoms with Gasteiger partial charge in [0.2, 0.25) is 0 Å². The number of cyclic esters (lactones) is 1. The van der Waals surface area contributed by atoms with Crippen molar-refractivity contribution in [2.24, 2.45) is 0 Å². The Labute approximate surface area is 118 Å². The van der Waals surface area contributed by atoms with Gasteiger partial charge in [0, 0.05) is 0 Å². The molecule has 1 fully saturated rings. The summed E-state index contributed by atoms with van der Waals surface area (Å²) in [6, 6.07) is 20.4. The Hall–Kier alpha value is -1.57. The van der Waals surface area contributed by atoms with E-state index in [1.54, 1.807) is 0 Å². The minimum atomic E-state index is -0.0751. The standard InChI is InChI=1S/C16H14O2Se/c17-15-11-14(19-13-9-5-2-6-10-13)16(18-15)12-7-3-1-4-8-12/h1-10,14,16H,11H2/t14-,16-/m1/s1. The molecule has 2 atom stereocenters. The van der Waals surface area contributed by atoms with Crippen molar-refractivity contribution < 1.29 is 9.53 Å². The average molecular weight is 317 g/mol. The molecule has 1 aliphatic heterocycles. The predicted molar refractivity (Wildman–Crippen MR) is 75.5 cm³/mol. The first-order valence-corrected chi connectivity index (χ1v) is 8.13. The number of rotatable bonds is 3. The van der Waals surface area contributed by atoms with Gasteiger partial charge in [-0.25, -0.2) is 0 Å². The Bertz CT molecular complexity index is 553. The molecule has 1 saturated heterocycles. The molecule has 3 rings (SSSR count). The molecule has 0 bridgehead atoms. The van der Waals surface area contributed by atoms with Crippen LogP contribution in [0.15, 0.2) is 60.7 Å². The van der Waals surface area contributed by atoms with E-state index < -0.39 is 0 Å². The molecular weight excluding hydrogens is 303 g/mol. The van der Waals surface area contributed by atoms with E-state index in [9.17, 15) is 4.79 Å². The number of carbonyl (C=O) groups excluding carboxylic acids is 1. The molecule has 0 unspecified atom stereocenters. The molecule has 96 valence electrons. The molecule has 2 aromatic rings. The fraction of sp³-hybridized carbons (Fsp3) is 0.188. The molecule has 1 heterocycles. The summed E-state index contributed by atoms with van der Waals surface area (Å²) < 4.78 is 6.83. The van der Waals surface area contributed by atoms with Crippen LogP contribution in [0.5, 0.6) is 0 Å². The van der Waals surface area contributed by atoms with Gasteiger partial charge >= 0.3 is 118 Å². The van der Waals surface area contributed by atoms with E-state index in [-0.39, 0.29) is 27.0 Å². The summed E-state index contributed by atoms with van der Waals surface area (Å²) in [5.74, 6) is -0.0725. The monoisotopic (exact) mass is 318 g/mol. The normalized spacial score (nSPS) is 22.2. The maximum absolute atomic E-state index is 11.6. The molecule has 0 N–H and O–H groups in total. The molecule has 0 radical (unpaired) electrons. The van der Waals surface area contributed by atoms with Crippen LogP contribution in [0.2, 0.25) is 4.82 Å². The fourth-order valence-corrected chi connectivity index (χ4v) is 4.80. The number of benzene rings is 2. The molecule has 0 aromatic heterocycles. The molecule has 2 nitrogen and oxygen atoms in total. The molecule has 0 spiro atoms. The second-order valence-electron chi connectivity index (χ2n) is 4.49. The van der Waals surface area contributed by atoms with Gasteiger partial charge < -0.3 is 0 Å². The SMILES string of the molecule is O=C1C[C@@H]([Se]c2ccccc2)[C@@H](c2ccccc2)O1. The number of hydrogen-bond acceptors (Lipinski definition) is 2. The number of esters is 1. The molecule has 1 aliphatic rings. The number of hydrogen-bond donors (Lipinski definition) is 0. The van der Waals surface area contributed by atoms with Crippen LogP contribution >= 0.6 is 0 Å². The predicted octanol–water partition coefficient (Wildman–Crippen LogP) is 2.49. The van der Waals surface area contributed by atoms with Crippen molar-refractivity contribution in [2.45, 2.75) is 17.3 Å². The van der Waals surface area contributed by atoms with Crippen molar-refractivity contribution in [1.82, 2.24) is 0 Å². The number of ether oxygens (including phenoxy) is 1. The van der Waals surface area contributed by atoms with Gasteiger partial charge in [-0.3, -0.25) is 0 Å². The third-order valence-corrected chi connectivity index (χ3v) is 5.77. The Morgan fingerprint density at radius 3 is 2.26 bits per heavy atom. The van der Waals surface area contributed by atoms with Gasteiger partial charge in [-0.1, -0.05) is 0 Å². The van der Waals surface area contributed by atoms with Crippen molar-refractivity contribution in [3.05, 3.63) is 66.2 Å². The van der Waals surface area contributed by atoms with E-state index in [0.29, 0.717) is 11.2 Å². The quantitative estimate of drug-likeness (QED) is 0.642. The fourth-order valence-electron chi connectivity index (χ4n) is 2.24. The van der Waals surface area contributed by atoms with Crippen LogP contribution in [-0.2, 0) is 9.53 Å². The third-order valence-electron chi connectivity index (χ3n) is 3.12. The van der Waals surface area contributed by atoms with Gasteiger partial charge in [0.05, 0.1) is 0 Å². The van der Waals surface area contributed by atoms with E-state index in [2.05, 4.69) is 12.1 Å². The third kappa shape index (κ3) is 2.89. The van der Waals surface area contributed by atoms with E-state index in [1.165, 1.54) is 4.46 Å². The zero-order valence-corrected chi connectivity index (χ0v) is 12.1. The Balaban J connectivity index is 1.81. The first-order valence-electron chi connectivity index (χ1n) is 6.29. The second kappa shape index (κ2) is 5.60. The summed E-state index contributed by atoms with van der Waals surface area (Å²) in [7, 11) is 0. The zero-order valence-electron chi connectivity index (χ0n) is 10.4. The molecule has 0 aliphatic carbocycles. The van der Waals surface area contributed by atoms with Crippen LogP contribution in [0.3, 0.4) is 0 Å². The van der Waals surface area contributed by atoms with Crippen LogP contribution in [0.4, 0.5) is 0 Å². The summed E-state index contributed by atoms with van der Waals surface area (Å²) in [5.41, 5.74) is 1.11. The van der Waals surface area contributed by atoms with Crippen LogP contribution in [0.25, 0.3) is 0 Å². The van der Waals surface area contributed by atoms with Crippen LogP contribution < -0.4 is 4.46 Å². The minimum absolute atomic E-state index is 0.0725. The average Bonchev–Trinajstić information content (AvgIpc) is 2.82. The van der Waals surface area contributed by atoms with Crippen LogP contribution in [-0.4, -0.2) is 20.9 Å². The van der Waals surface area contributed by atoms with Crippen molar-refractivity contribution >= 4 is 25.4 Å². The van der Waals surface area contributed by atoms with E-state index in [0.717, 1.165) is 5.56 Å². The van der Waals surface area contributed by atoms with Gasteiger partial charge in [0.1, 0.15) is 0 Å². The van der Waals surface area contributed by atoms with Gasteiger partial charge in [0.15, 0.2) is 0 Å². The van der Waals surface area contributed by atoms with E-state index in [1.807, 2.05) is 48.5 Å². The summed E-state index contributed by atoms with van der Waals surface area (Å²) in [4.78, 5) is 11.9. The Morgan fingerprint density at radius 2 is 1.58 bits per heavy atom. The van der Waals surface area contributed by atoms with Gasteiger partial charge in [0.25, 0.3) is 0 Å². The van der Waals surface area contributed by atoms with E-state index in [4.69, 9.17) is 4.74 Å². The Morgan fingerprint density at radius 1 is 0.947 bits per heavy atom. The number of carbonyl (C=O) groups is 1. The molecular formula is C16H14O2Se. The van der Waals surface area contributed by atoms with Gasteiger partial charge in [-0.2, -0.15) is 0 Å². The summed E-state index contributed by atoms with van der Waals surface area (Å²) in [6.45, 7) is 0. The summed E-state index contributed by atoms with van der Waals surface area (Å²) in [6.07, 6.45) is 0.461. The topological polar surface area (TPSA) is 26.3 Å². The van der Waals surface area contributed by atoms with Gasteiger partial charge in [-0.15, -0.1) is 0 Å². The van der Waals surface area contributed by atoms with Crippen LogP contribution in [0, 0.1) is 0 Å². The molecule has 0 saturated carbocycles. The molecule has 19 heavy (non-hydrogen) atoms. The Kier molecular flexibility index (Phi) is 3.67. The first-order chi connectivity index (χ1) is 9.33. The van der Waals surface area contributed by atoms with Crippen molar-refractivity contribution in [3.8, 4) is 0 Å². The summed E-state index contributed by atoms with van der Waals surface area (Å²) >= 11 is 0.258. The maximum atomic E-state index is 11.6. The second-order valence-corrected chi connectivity index (χ2v) is 7.25. The van der Waals surface area contributed by atoms with Crippen molar-refractivity contribution in [2.75, 3.05) is 0 Å². The first kappa shape index (κ1) is 12.5. The molecule has 0 amide bonds. The molecule has 2 aromatic carbocycles. The van der Waals surface area contributed by atoms with Crippen molar-refractivity contribution in [3.63, 3.8) is 0 Å². The zero-order chi connectivity index (χ0) is 13.1. The van der Waals surface area contributed by atoms with Crippen molar-refractivity contribution in [1.29, 1.82) is 0 Å². The van der Waals surface area contributed by atoms with E-state index >= 15 is 0 Å². The molecule has 3 heteroatoms. The summed E-state index contributed by atoms with van der Waals surface area (Å²) in [5, 5.41) is 0. The van der Waals surface area contributed by atoms with Gasteiger partial charge in [-0.05, 0) is 0 Å².